The number of hydrogen-bond donors (Lipinski definition) is 1. The van der Waals surface area contributed by atoms with Crippen LogP contribution in [0.15, 0.2) is 142 Å². The quantitative estimate of drug-likeness (QED) is 0.230. The van der Waals surface area contributed by atoms with Crippen molar-refractivity contribution in [3.8, 4) is 5.75 Å². The lowest BCUT2D eigenvalue weighted by Crippen LogP contribution is -2.09. The predicted octanol–water partition coefficient (Wildman–Crippen LogP) is 10.7. The molecule has 2 aromatic heterocycles. The van der Waals surface area contributed by atoms with Crippen molar-refractivity contribution in [3.05, 3.63) is 156 Å². The van der Waals surface area contributed by atoms with Gasteiger partial charge in [-0.05, 0) is 34.9 Å². The molecule has 2 unspecified atom stereocenters. The first kappa shape index (κ1) is 23.8. The van der Waals surface area contributed by atoms with Gasteiger partial charge in [-0.2, -0.15) is 0 Å². The van der Waals surface area contributed by atoms with Gasteiger partial charge in [-0.3, -0.25) is 0 Å². The van der Waals surface area contributed by atoms with Crippen molar-refractivity contribution in [2.75, 3.05) is 5.32 Å². The van der Waals surface area contributed by atoms with Gasteiger partial charge in [-0.25, -0.2) is 0 Å². The number of furan rings is 2. The lowest BCUT2D eigenvalue weighted by Gasteiger charge is -2.11. The first-order valence-electron chi connectivity index (χ1n) is 15.0. The van der Waals surface area contributed by atoms with E-state index < -0.39 is 0 Å². The van der Waals surface area contributed by atoms with Crippen molar-refractivity contribution in [1.82, 2.24) is 0 Å². The van der Waals surface area contributed by atoms with E-state index in [0.717, 1.165) is 66.4 Å². The van der Waals surface area contributed by atoms with Gasteiger partial charge in [-0.15, -0.1) is 0 Å². The van der Waals surface area contributed by atoms with Crippen molar-refractivity contribution in [1.29, 1.82) is 0 Å². The highest BCUT2D eigenvalue weighted by molar-refractivity contribution is 6.22. The molecule has 4 heteroatoms. The summed E-state index contributed by atoms with van der Waals surface area (Å²) in [5.74, 6) is 0.926. The number of rotatable bonds is 4. The van der Waals surface area contributed by atoms with Crippen LogP contribution in [0.5, 0.6) is 5.75 Å². The Balaban J connectivity index is 1.16. The predicted molar refractivity (Wildman–Crippen MR) is 177 cm³/mol. The fourth-order valence-corrected chi connectivity index (χ4v) is 7.14. The topological polar surface area (TPSA) is 47.5 Å². The Morgan fingerprint density at radius 1 is 0.523 bits per heavy atom. The van der Waals surface area contributed by atoms with E-state index >= 15 is 0 Å². The first-order valence-corrected chi connectivity index (χ1v) is 15.0. The lowest BCUT2D eigenvalue weighted by atomic mass is 9.98. The summed E-state index contributed by atoms with van der Waals surface area (Å²) in [5.41, 5.74) is 11.7. The molecule has 4 nitrogen and oxygen atoms in total. The molecule has 2 atom stereocenters. The molecular formula is C40H25NO3. The maximum Gasteiger partial charge on any atom is 0.196 e. The van der Waals surface area contributed by atoms with Crippen molar-refractivity contribution < 1.29 is 13.6 Å². The lowest BCUT2D eigenvalue weighted by molar-refractivity contribution is 0.263. The van der Waals surface area contributed by atoms with Gasteiger partial charge >= 0.3 is 0 Å². The third kappa shape index (κ3) is 3.34. The van der Waals surface area contributed by atoms with Crippen LogP contribution in [0.3, 0.4) is 0 Å². The van der Waals surface area contributed by atoms with E-state index in [1.807, 2.05) is 36.4 Å². The summed E-state index contributed by atoms with van der Waals surface area (Å²) >= 11 is 0. The number of fused-ring (bicyclic) bond motifs is 8. The number of ether oxygens (including phenoxy) is 1. The number of benzene rings is 6. The highest BCUT2D eigenvalue weighted by Gasteiger charge is 2.42. The minimum atomic E-state index is -0.241. The number of para-hydroxylation sites is 3. The molecule has 1 aliphatic carbocycles. The summed E-state index contributed by atoms with van der Waals surface area (Å²) in [6.07, 6.45) is -0.241. The minimum Gasteiger partial charge on any atom is -0.464 e. The van der Waals surface area contributed by atoms with Crippen LogP contribution in [-0.2, 0) is 0 Å². The smallest absolute Gasteiger partial charge is 0.196 e. The molecule has 10 rings (SSSR count). The molecule has 0 spiro atoms. The summed E-state index contributed by atoms with van der Waals surface area (Å²) in [7, 11) is 0. The summed E-state index contributed by atoms with van der Waals surface area (Å²) in [6, 6.07) is 46.3. The standard InChI is InChI=1S/C40H25NO3/c1-3-11-23(12-4-1)33-35(28-18-9-16-26-25-15-7-8-20-31(25)42-37(26)28)36(33)29-19-10-17-27-34-32(43-38(27)29)22-21-30-39(34)44-40(41-30)24-13-5-2-6-14-24/h1-22,35,40-41H. The van der Waals surface area contributed by atoms with Crippen LogP contribution in [0.2, 0.25) is 0 Å². The average Bonchev–Trinajstić information content (AvgIpc) is 3.33. The van der Waals surface area contributed by atoms with Crippen molar-refractivity contribution in [3.63, 3.8) is 0 Å². The van der Waals surface area contributed by atoms with E-state index in [0.29, 0.717) is 0 Å². The summed E-state index contributed by atoms with van der Waals surface area (Å²) < 4.78 is 19.8. The Labute approximate surface area is 252 Å². The van der Waals surface area contributed by atoms with Crippen molar-refractivity contribution >= 4 is 60.7 Å². The number of hydrogen-bond acceptors (Lipinski definition) is 4. The Hall–Kier alpha value is -5.74. The molecule has 1 N–H and O–H groups in total. The summed E-state index contributed by atoms with van der Waals surface area (Å²) in [5, 5.41) is 7.89. The summed E-state index contributed by atoms with van der Waals surface area (Å²) in [4.78, 5) is 0. The Bertz CT molecular complexity index is 2450. The maximum absolute atomic E-state index is 6.69. The zero-order chi connectivity index (χ0) is 28.8. The van der Waals surface area contributed by atoms with Gasteiger partial charge in [0, 0.05) is 38.8 Å². The van der Waals surface area contributed by atoms with Crippen LogP contribution in [0, 0.1) is 0 Å². The summed E-state index contributed by atoms with van der Waals surface area (Å²) in [6.45, 7) is 0. The van der Waals surface area contributed by atoms with E-state index in [2.05, 4.69) is 102 Å². The highest BCUT2D eigenvalue weighted by Crippen LogP contribution is 2.62. The number of nitrogens with one attached hydrogen (secondary N) is 1. The molecule has 0 saturated carbocycles. The number of anilines is 1. The van der Waals surface area contributed by atoms with E-state index in [9.17, 15) is 0 Å². The van der Waals surface area contributed by atoms with Gasteiger partial charge < -0.3 is 18.9 Å². The molecule has 1 aliphatic heterocycles. The van der Waals surface area contributed by atoms with Gasteiger partial charge in [0.1, 0.15) is 22.3 Å². The van der Waals surface area contributed by atoms with Crippen molar-refractivity contribution in [2.24, 2.45) is 0 Å². The zero-order valence-corrected chi connectivity index (χ0v) is 23.6. The van der Waals surface area contributed by atoms with E-state index in [1.54, 1.807) is 0 Å². The third-order valence-corrected chi connectivity index (χ3v) is 9.15. The van der Waals surface area contributed by atoms with E-state index in [4.69, 9.17) is 13.6 Å². The van der Waals surface area contributed by atoms with Crippen LogP contribution < -0.4 is 10.1 Å². The van der Waals surface area contributed by atoms with Crippen LogP contribution in [0.1, 0.15) is 34.4 Å². The van der Waals surface area contributed by atoms with Crippen molar-refractivity contribution in [2.45, 2.75) is 12.1 Å². The maximum atomic E-state index is 6.69. The highest BCUT2D eigenvalue weighted by atomic mass is 16.5. The van der Waals surface area contributed by atoms with Gasteiger partial charge in [0.25, 0.3) is 0 Å². The number of allylic oxidation sites excluding steroid dienone is 2. The fourth-order valence-electron chi connectivity index (χ4n) is 7.14. The third-order valence-electron chi connectivity index (χ3n) is 9.15. The molecule has 0 fully saturated rings. The molecule has 0 bridgehead atoms. The second-order valence-corrected chi connectivity index (χ2v) is 11.6. The van der Waals surface area contributed by atoms with Gasteiger partial charge in [0.2, 0.25) is 0 Å². The molecule has 0 amide bonds. The second-order valence-electron chi connectivity index (χ2n) is 11.6. The Morgan fingerprint density at radius 3 is 2.14 bits per heavy atom. The van der Waals surface area contributed by atoms with E-state index in [-0.39, 0.29) is 12.1 Å². The molecular weight excluding hydrogens is 542 g/mol. The molecule has 8 aromatic rings. The largest absolute Gasteiger partial charge is 0.464 e. The van der Waals surface area contributed by atoms with Gasteiger partial charge in [0.05, 0.1) is 11.1 Å². The SMILES string of the molecule is c1ccc(C2=C(c3cccc4c3oc3ccc5c(c34)OC(c3ccccc3)N5)C2c2cccc3c2oc2ccccc23)cc1. The second kappa shape index (κ2) is 8.88. The van der Waals surface area contributed by atoms with Crippen LogP contribution >= 0.6 is 0 Å². The van der Waals surface area contributed by atoms with Crippen LogP contribution in [0.4, 0.5) is 5.69 Å². The molecule has 208 valence electrons. The zero-order valence-electron chi connectivity index (χ0n) is 23.6. The molecule has 6 aromatic carbocycles. The molecule has 2 aliphatic rings. The van der Waals surface area contributed by atoms with Gasteiger partial charge in [-0.1, -0.05) is 115 Å². The molecule has 44 heavy (non-hydrogen) atoms. The monoisotopic (exact) mass is 567 g/mol. The first-order chi connectivity index (χ1) is 21.8. The fraction of sp³-hybridized carbons (Fsp3) is 0.0500. The van der Waals surface area contributed by atoms with Crippen LogP contribution in [-0.4, -0.2) is 0 Å². The molecule has 0 saturated heterocycles. The Morgan fingerprint density at radius 2 is 1.25 bits per heavy atom. The van der Waals surface area contributed by atoms with E-state index in [1.165, 1.54) is 22.3 Å². The minimum absolute atomic E-state index is 0.0894. The molecule has 0 radical (unpaired) electrons. The average molecular weight is 568 g/mol. The normalized spacial score (nSPS) is 17.4. The van der Waals surface area contributed by atoms with Crippen LogP contribution in [0.25, 0.3) is 55.0 Å². The molecule has 3 heterocycles. The Kier molecular flexibility index (Phi) is 4.80. The van der Waals surface area contributed by atoms with Gasteiger partial charge in [0.15, 0.2) is 12.0 Å².